The Kier molecular flexibility index (Phi) is 6.13. The molecule has 2 N–H and O–H groups in total. The van der Waals surface area contributed by atoms with Gasteiger partial charge in [-0.1, -0.05) is 11.3 Å². The van der Waals surface area contributed by atoms with Crippen LogP contribution in [0.4, 0.5) is 0 Å². The number of methoxy groups -OCH3 is 1. The predicted molar refractivity (Wildman–Crippen MR) is 125 cm³/mol. The van der Waals surface area contributed by atoms with Crippen molar-refractivity contribution in [3.05, 3.63) is 35.0 Å². The zero-order valence-corrected chi connectivity index (χ0v) is 20.5. The van der Waals surface area contributed by atoms with Gasteiger partial charge in [0.05, 0.1) is 40.8 Å². The van der Waals surface area contributed by atoms with Crippen LogP contribution in [0, 0.1) is 12.8 Å². The number of aryl methyl sites for hydroxylation is 1. The van der Waals surface area contributed by atoms with E-state index in [1.807, 2.05) is 23.6 Å². The van der Waals surface area contributed by atoms with E-state index >= 15 is 0 Å². The third-order valence-electron chi connectivity index (χ3n) is 6.15. The maximum Gasteiger partial charge on any atom is 0.194 e. The second-order valence-corrected chi connectivity index (χ2v) is 12.2. The molecule has 1 saturated carbocycles. The molecule has 0 unspecified atom stereocenters. The largest absolute Gasteiger partial charge is 0.495 e. The lowest BCUT2D eigenvalue weighted by Crippen LogP contribution is -2.24. The lowest BCUT2D eigenvalue weighted by atomic mass is 9.89. The number of aromatic nitrogens is 2. The number of hydrogen-bond acceptors (Lipinski definition) is 7. The Balaban J connectivity index is 1.75. The fraction of sp³-hybridized carbons (Fsp3) is 0.522. The summed E-state index contributed by atoms with van der Waals surface area (Å²) < 4.78 is 34.1. The van der Waals surface area contributed by atoms with Crippen LogP contribution in [0.1, 0.15) is 50.1 Å². The molecule has 0 bridgehead atoms. The van der Waals surface area contributed by atoms with Gasteiger partial charge < -0.3 is 14.9 Å². The molecule has 0 aliphatic heterocycles. The summed E-state index contributed by atoms with van der Waals surface area (Å²) in [6.45, 7) is 5.35. The van der Waals surface area contributed by atoms with Crippen molar-refractivity contribution in [2.45, 2.75) is 63.1 Å². The highest BCUT2D eigenvalue weighted by molar-refractivity contribution is 7.91. The second kappa shape index (κ2) is 8.44. The SMILES string of the molecule is COc1ccc(-c2c(C)nc3sc(C(C)(C)O)cn23)cc1S(=O)(=O)CC1CCC(O)CC1. The lowest BCUT2D eigenvalue weighted by molar-refractivity contribution is 0.0822. The highest BCUT2D eigenvalue weighted by Gasteiger charge is 2.29. The van der Waals surface area contributed by atoms with Gasteiger partial charge in [0.25, 0.3) is 0 Å². The number of imidazole rings is 1. The van der Waals surface area contributed by atoms with Crippen LogP contribution in [0.25, 0.3) is 16.2 Å². The van der Waals surface area contributed by atoms with Crippen molar-refractivity contribution >= 4 is 26.1 Å². The van der Waals surface area contributed by atoms with E-state index in [0.29, 0.717) is 31.4 Å². The van der Waals surface area contributed by atoms with Crippen LogP contribution < -0.4 is 4.74 Å². The minimum Gasteiger partial charge on any atom is -0.495 e. The molecule has 0 atom stereocenters. The molecule has 1 aromatic carbocycles. The number of hydrogen-bond donors (Lipinski definition) is 2. The fourth-order valence-corrected chi connectivity index (χ4v) is 7.29. The summed E-state index contributed by atoms with van der Waals surface area (Å²) in [5.41, 5.74) is 1.33. The summed E-state index contributed by atoms with van der Waals surface area (Å²) in [7, 11) is -2.12. The molecule has 1 fully saturated rings. The number of ether oxygens (including phenoxy) is 1. The molecule has 1 aliphatic rings. The molecule has 0 saturated heterocycles. The maximum atomic E-state index is 13.4. The van der Waals surface area contributed by atoms with Gasteiger partial charge in [0.2, 0.25) is 0 Å². The van der Waals surface area contributed by atoms with Gasteiger partial charge in [0, 0.05) is 11.8 Å². The summed E-state index contributed by atoms with van der Waals surface area (Å²) in [6.07, 6.45) is 4.25. The van der Waals surface area contributed by atoms with Crippen LogP contribution in [-0.4, -0.2) is 47.0 Å². The average molecular weight is 479 g/mol. The van der Waals surface area contributed by atoms with Gasteiger partial charge in [-0.05, 0) is 70.6 Å². The summed E-state index contributed by atoms with van der Waals surface area (Å²) in [5, 5.41) is 20.1. The third-order valence-corrected chi connectivity index (χ3v) is 9.34. The molecule has 0 spiro atoms. The van der Waals surface area contributed by atoms with Gasteiger partial charge >= 0.3 is 0 Å². The minimum atomic E-state index is -3.59. The first-order chi connectivity index (χ1) is 15.0. The van der Waals surface area contributed by atoms with Crippen molar-refractivity contribution in [2.24, 2.45) is 5.92 Å². The minimum absolute atomic E-state index is 0.0337. The van der Waals surface area contributed by atoms with Crippen molar-refractivity contribution in [2.75, 3.05) is 12.9 Å². The molecule has 3 aromatic rings. The van der Waals surface area contributed by atoms with Gasteiger partial charge in [0.15, 0.2) is 14.8 Å². The van der Waals surface area contributed by atoms with Crippen LogP contribution in [0.3, 0.4) is 0 Å². The van der Waals surface area contributed by atoms with E-state index in [1.54, 1.807) is 26.0 Å². The number of rotatable bonds is 6. The van der Waals surface area contributed by atoms with Crippen LogP contribution in [0.2, 0.25) is 0 Å². The Morgan fingerprint density at radius 1 is 1.25 bits per heavy atom. The number of sulfone groups is 1. The number of benzene rings is 1. The molecule has 0 radical (unpaired) electrons. The molecule has 7 nitrogen and oxygen atoms in total. The highest BCUT2D eigenvalue weighted by atomic mass is 32.2. The van der Waals surface area contributed by atoms with Crippen molar-refractivity contribution in [3.63, 3.8) is 0 Å². The van der Waals surface area contributed by atoms with Crippen molar-refractivity contribution in [1.29, 1.82) is 0 Å². The molecular formula is C23H30N2O5S2. The van der Waals surface area contributed by atoms with Gasteiger partial charge in [-0.25, -0.2) is 13.4 Å². The highest BCUT2D eigenvalue weighted by Crippen LogP contribution is 2.37. The normalized spacial score (nSPS) is 20.1. The third kappa shape index (κ3) is 4.44. The van der Waals surface area contributed by atoms with Crippen LogP contribution in [-0.2, 0) is 15.4 Å². The Labute approximate surface area is 192 Å². The second-order valence-electron chi connectivity index (χ2n) is 9.17. The van der Waals surface area contributed by atoms with E-state index < -0.39 is 15.4 Å². The standard InChI is InChI=1S/C23H30N2O5S2/c1-14-21(25-12-20(23(2,3)27)31-22(25)24-14)16-7-10-18(30-4)19(11-16)32(28,29)13-15-5-8-17(26)9-6-15/h7,10-12,15,17,26-27H,5-6,8-9,13H2,1-4H3. The molecule has 4 rings (SSSR count). The summed E-state index contributed by atoms with van der Waals surface area (Å²) >= 11 is 1.41. The van der Waals surface area contributed by atoms with E-state index in [4.69, 9.17) is 4.74 Å². The van der Waals surface area contributed by atoms with Gasteiger partial charge in [-0.15, -0.1) is 0 Å². The quantitative estimate of drug-likeness (QED) is 0.557. The number of nitrogens with zero attached hydrogens (tertiary/aromatic N) is 2. The smallest absolute Gasteiger partial charge is 0.194 e. The summed E-state index contributed by atoms with van der Waals surface area (Å²) in [5.74, 6) is 0.402. The van der Waals surface area contributed by atoms with E-state index in [2.05, 4.69) is 4.98 Å². The molecule has 2 heterocycles. The predicted octanol–water partition coefficient (Wildman–Crippen LogP) is 3.93. The Morgan fingerprint density at radius 2 is 1.94 bits per heavy atom. The Bertz CT molecular complexity index is 1230. The van der Waals surface area contributed by atoms with Gasteiger partial charge in [0.1, 0.15) is 10.6 Å². The zero-order chi connectivity index (χ0) is 23.3. The topological polar surface area (TPSA) is 101 Å². The molecule has 32 heavy (non-hydrogen) atoms. The van der Waals surface area contributed by atoms with E-state index in [-0.39, 0.29) is 22.7 Å². The molecule has 2 aromatic heterocycles. The summed E-state index contributed by atoms with van der Waals surface area (Å²) in [4.78, 5) is 6.33. The van der Waals surface area contributed by atoms with Gasteiger partial charge in [-0.2, -0.15) is 0 Å². The van der Waals surface area contributed by atoms with E-state index in [0.717, 1.165) is 26.8 Å². The monoisotopic (exact) mass is 478 g/mol. The number of aliphatic hydroxyl groups is 2. The van der Waals surface area contributed by atoms with Crippen LogP contribution >= 0.6 is 11.3 Å². The van der Waals surface area contributed by atoms with Crippen LogP contribution in [0.5, 0.6) is 5.75 Å². The molecule has 9 heteroatoms. The van der Waals surface area contributed by atoms with Crippen molar-refractivity contribution in [3.8, 4) is 17.0 Å². The van der Waals surface area contributed by atoms with Crippen LogP contribution in [0.15, 0.2) is 29.3 Å². The first-order valence-corrected chi connectivity index (χ1v) is 13.3. The molecule has 1 aliphatic carbocycles. The maximum absolute atomic E-state index is 13.4. The fourth-order valence-electron chi connectivity index (χ4n) is 4.36. The number of aliphatic hydroxyl groups excluding tert-OH is 1. The molecule has 0 amide bonds. The number of thiazole rings is 1. The van der Waals surface area contributed by atoms with Crippen molar-refractivity contribution in [1.82, 2.24) is 9.38 Å². The molecular weight excluding hydrogens is 448 g/mol. The lowest BCUT2D eigenvalue weighted by Gasteiger charge is -2.25. The van der Waals surface area contributed by atoms with Crippen molar-refractivity contribution < 1.29 is 23.4 Å². The Hall–Kier alpha value is -1.94. The first-order valence-electron chi connectivity index (χ1n) is 10.8. The number of fused-ring (bicyclic) bond motifs is 1. The van der Waals surface area contributed by atoms with E-state index in [9.17, 15) is 18.6 Å². The Morgan fingerprint density at radius 3 is 2.56 bits per heavy atom. The first kappa shape index (κ1) is 23.2. The van der Waals surface area contributed by atoms with Gasteiger partial charge in [-0.3, -0.25) is 4.40 Å². The molecule has 174 valence electrons. The van der Waals surface area contributed by atoms with E-state index in [1.165, 1.54) is 18.4 Å². The average Bonchev–Trinajstić information content (AvgIpc) is 3.26. The zero-order valence-electron chi connectivity index (χ0n) is 18.8. The summed E-state index contributed by atoms with van der Waals surface area (Å²) in [6, 6.07) is 5.20.